The van der Waals surface area contributed by atoms with E-state index in [1.54, 1.807) is 23.1 Å². The second-order valence-corrected chi connectivity index (χ2v) is 10.9. The third-order valence-corrected chi connectivity index (χ3v) is 8.56. The number of carbonyl (C=O) groups excluding carboxylic acids is 2. The molecule has 2 amide bonds. The van der Waals surface area contributed by atoms with Crippen LogP contribution in [0.2, 0.25) is 0 Å². The Labute approximate surface area is 186 Å². The predicted molar refractivity (Wildman–Crippen MR) is 117 cm³/mol. The van der Waals surface area contributed by atoms with E-state index in [-0.39, 0.29) is 17.3 Å². The Morgan fingerprint density at radius 2 is 1.97 bits per heavy atom. The molecular weight excluding hydrogens is 438 g/mol. The number of amides is 2. The zero-order valence-corrected chi connectivity index (χ0v) is 18.9. The first-order valence-electron chi connectivity index (χ1n) is 10.3. The highest BCUT2D eigenvalue weighted by atomic mass is 32.2. The van der Waals surface area contributed by atoms with Gasteiger partial charge in [-0.1, -0.05) is 12.8 Å². The van der Waals surface area contributed by atoms with Gasteiger partial charge in [-0.15, -0.1) is 11.8 Å². The number of nitrogens with zero attached hydrogens (tertiary/aromatic N) is 2. The van der Waals surface area contributed by atoms with Crippen LogP contribution in [-0.4, -0.2) is 54.8 Å². The molecule has 166 valence electrons. The van der Waals surface area contributed by atoms with Gasteiger partial charge in [0.1, 0.15) is 5.76 Å². The van der Waals surface area contributed by atoms with Crippen LogP contribution in [0.3, 0.4) is 0 Å². The average molecular weight is 464 g/mol. The second kappa shape index (κ2) is 9.05. The fourth-order valence-electron chi connectivity index (χ4n) is 3.76. The molecule has 3 heterocycles. The number of nitrogens with one attached hydrogen (secondary N) is 1. The summed E-state index contributed by atoms with van der Waals surface area (Å²) < 4.78 is 32.3. The van der Waals surface area contributed by atoms with Gasteiger partial charge in [0.25, 0.3) is 0 Å². The van der Waals surface area contributed by atoms with Crippen LogP contribution in [0.4, 0.5) is 5.69 Å². The van der Waals surface area contributed by atoms with Gasteiger partial charge >= 0.3 is 0 Å². The summed E-state index contributed by atoms with van der Waals surface area (Å²) in [5.41, 5.74) is 0.405. The maximum Gasteiger partial charge on any atom is 0.247 e. The number of furan rings is 1. The first-order valence-corrected chi connectivity index (χ1v) is 12.6. The van der Waals surface area contributed by atoms with Crippen LogP contribution in [-0.2, 0) is 26.2 Å². The minimum Gasteiger partial charge on any atom is -0.468 e. The van der Waals surface area contributed by atoms with Crippen LogP contribution in [0, 0.1) is 0 Å². The molecule has 1 aromatic heterocycles. The van der Waals surface area contributed by atoms with Gasteiger partial charge in [0.2, 0.25) is 21.8 Å². The fraction of sp³-hybridized carbons (Fsp3) is 0.429. The molecule has 31 heavy (non-hydrogen) atoms. The van der Waals surface area contributed by atoms with Gasteiger partial charge in [0, 0.05) is 25.0 Å². The van der Waals surface area contributed by atoms with E-state index in [2.05, 4.69) is 5.32 Å². The maximum absolute atomic E-state index is 12.9. The molecule has 1 atom stereocenters. The molecule has 4 rings (SSSR count). The first kappa shape index (κ1) is 21.9. The van der Waals surface area contributed by atoms with Gasteiger partial charge in [-0.2, -0.15) is 4.31 Å². The largest absolute Gasteiger partial charge is 0.468 e. The summed E-state index contributed by atoms with van der Waals surface area (Å²) in [5, 5.41) is 1.88. The van der Waals surface area contributed by atoms with Crippen molar-refractivity contribution in [3.05, 3.63) is 42.4 Å². The highest BCUT2D eigenvalue weighted by Crippen LogP contribution is 2.38. The monoisotopic (exact) mass is 463 g/mol. The van der Waals surface area contributed by atoms with Crippen LogP contribution in [0.1, 0.15) is 31.4 Å². The van der Waals surface area contributed by atoms with E-state index in [0.29, 0.717) is 29.4 Å². The SMILES string of the molecule is CN(Cc1ccco1)S(=O)(=O)c1ccc2c(c1)NC(=O)[C@@H](C(=O)N1CCCCCC1)S2. The number of carbonyl (C=O) groups is 2. The van der Waals surface area contributed by atoms with E-state index in [0.717, 1.165) is 25.7 Å². The molecule has 8 nitrogen and oxygen atoms in total. The predicted octanol–water partition coefficient (Wildman–Crippen LogP) is 2.92. The Morgan fingerprint density at radius 3 is 2.65 bits per heavy atom. The van der Waals surface area contributed by atoms with Gasteiger partial charge in [0.15, 0.2) is 5.25 Å². The van der Waals surface area contributed by atoms with Crippen LogP contribution in [0.15, 0.2) is 50.8 Å². The van der Waals surface area contributed by atoms with Crippen molar-refractivity contribution in [2.45, 2.75) is 47.3 Å². The standard InChI is InChI=1S/C21H25N3O5S2/c1-23(14-15-7-6-12-29-15)31(27,28)16-8-9-18-17(13-16)22-20(25)19(30-18)21(26)24-10-4-2-3-5-11-24/h6-9,12-13,19H,2-5,10-11,14H2,1H3,(H,22,25)/t19-/m0/s1. The number of benzene rings is 1. The minimum absolute atomic E-state index is 0.0681. The zero-order chi connectivity index (χ0) is 22.0. The van der Waals surface area contributed by atoms with Crippen LogP contribution in [0.25, 0.3) is 0 Å². The number of fused-ring (bicyclic) bond motifs is 1. The van der Waals surface area contributed by atoms with Crippen molar-refractivity contribution in [2.24, 2.45) is 0 Å². The van der Waals surface area contributed by atoms with Crippen LogP contribution in [0.5, 0.6) is 0 Å². The number of anilines is 1. The van der Waals surface area contributed by atoms with Crippen molar-refractivity contribution in [1.29, 1.82) is 0 Å². The first-order chi connectivity index (χ1) is 14.9. The summed E-state index contributed by atoms with van der Waals surface area (Å²) in [6, 6.07) is 8.00. The quantitative estimate of drug-likeness (QED) is 0.685. The molecule has 1 aromatic carbocycles. The summed E-state index contributed by atoms with van der Waals surface area (Å²) in [6.45, 7) is 1.45. The maximum atomic E-state index is 12.9. The van der Waals surface area contributed by atoms with E-state index >= 15 is 0 Å². The van der Waals surface area contributed by atoms with E-state index < -0.39 is 21.2 Å². The van der Waals surface area contributed by atoms with Crippen LogP contribution < -0.4 is 5.32 Å². The summed E-state index contributed by atoms with van der Waals surface area (Å²) in [7, 11) is -2.31. The fourth-order valence-corrected chi connectivity index (χ4v) is 5.97. The van der Waals surface area contributed by atoms with Gasteiger partial charge in [0.05, 0.1) is 23.4 Å². The highest BCUT2D eigenvalue weighted by Gasteiger charge is 2.36. The lowest BCUT2D eigenvalue weighted by Gasteiger charge is -2.29. The highest BCUT2D eigenvalue weighted by molar-refractivity contribution is 8.01. The summed E-state index contributed by atoms with van der Waals surface area (Å²) >= 11 is 1.18. The molecule has 1 N–H and O–H groups in total. The number of sulfonamides is 1. The number of rotatable bonds is 5. The molecule has 0 bridgehead atoms. The molecule has 0 saturated carbocycles. The Kier molecular flexibility index (Phi) is 6.40. The molecule has 2 aliphatic rings. The van der Waals surface area contributed by atoms with Crippen molar-refractivity contribution in [1.82, 2.24) is 9.21 Å². The average Bonchev–Trinajstić information content (AvgIpc) is 3.11. The van der Waals surface area contributed by atoms with Gasteiger partial charge in [-0.3, -0.25) is 9.59 Å². The Morgan fingerprint density at radius 1 is 1.23 bits per heavy atom. The third kappa shape index (κ3) is 4.65. The summed E-state index contributed by atoms with van der Waals surface area (Å²) in [5.74, 6) is -0.0575. The molecule has 0 spiro atoms. The Balaban J connectivity index is 1.51. The van der Waals surface area contributed by atoms with Crippen LogP contribution >= 0.6 is 11.8 Å². The Bertz CT molecular complexity index is 1060. The lowest BCUT2D eigenvalue weighted by Crippen LogP contribution is -2.45. The van der Waals surface area contributed by atoms with E-state index in [4.69, 9.17) is 4.42 Å². The molecule has 2 aromatic rings. The molecule has 1 saturated heterocycles. The van der Waals surface area contributed by atoms with Gasteiger partial charge in [-0.25, -0.2) is 8.42 Å². The molecule has 0 unspecified atom stereocenters. The smallest absolute Gasteiger partial charge is 0.247 e. The van der Waals surface area contributed by atoms with Crippen molar-refractivity contribution in [3.63, 3.8) is 0 Å². The topological polar surface area (TPSA) is 99.9 Å². The number of likely N-dealkylation sites (tertiary alicyclic amines) is 1. The number of hydrogen-bond donors (Lipinski definition) is 1. The molecule has 0 aliphatic carbocycles. The molecule has 0 radical (unpaired) electrons. The van der Waals surface area contributed by atoms with E-state index in [1.807, 2.05) is 0 Å². The molecule has 2 aliphatic heterocycles. The van der Waals surface area contributed by atoms with Crippen molar-refractivity contribution in [2.75, 3.05) is 25.5 Å². The molecular formula is C21H25N3O5S2. The van der Waals surface area contributed by atoms with Gasteiger partial charge in [-0.05, 0) is 43.2 Å². The number of hydrogen-bond acceptors (Lipinski definition) is 6. The van der Waals surface area contributed by atoms with Crippen molar-refractivity contribution >= 4 is 39.3 Å². The minimum atomic E-state index is -3.78. The van der Waals surface area contributed by atoms with E-state index in [1.165, 1.54) is 41.5 Å². The Hall–Kier alpha value is -2.30. The second-order valence-electron chi connectivity index (χ2n) is 7.73. The lowest BCUT2D eigenvalue weighted by molar-refractivity contribution is -0.133. The van der Waals surface area contributed by atoms with Crippen molar-refractivity contribution in [3.8, 4) is 0 Å². The molecule has 10 heteroatoms. The molecule has 1 fully saturated rings. The number of thioether (sulfide) groups is 1. The zero-order valence-electron chi connectivity index (χ0n) is 17.2. The normalized spacial score (nSPS) is 19.6. The lowest BCUT2D eigenvalue weighted by atomic mass is 10.2. The summed E-state index contributed by atoms with van der Waals surface area (Å²) in [4.78, 5) is 28.1. The summed E-state index contributed by atoms with van der Waals surface area (Å²) in [6.07, 6.45) is 5.59. The van der Waals surface area contributed by atoms with Gasteiger partial charge < -0.3 is 14.6 Å². The third-order valence-electron chi connectivity index (χ3n) is 5.50. The van der Waals surface area contributed by atoms with E-state index in [9.17, 15) is 18.0 Å². The van der Waals surface area contributed by atoms with Crippen molar-refractivity contribution < 1.29 is 22.4 Å².